The molecule has 1 aromatic heterocycles. The van der Waals surface area contributed by atoms with Crippen molar-refractivity contribution >= 4 is 11.5 Å². The predicted molar refractivity (Wildman–Crippen MR) is 73.9 cm³/mol. The first-order valence-electron chi connectivity index (χ1n) is 6.47. The zero-order valence-corrected chi connectivity index (χ0v) is 11.9. The number of ether oxygens (including phenoxy) is 1. The zero-order chi connectivity index (χ0) is 14.9. The number of morpholine rings is 1. The normalized spacial score (nSPS) is 21.8. The third kappa shape index (κ3) is 3.05. The monoisotopic (exact) mass is 281 g/mol. The third-order valence-corrected chi connectivity index (χ3v) is 3.27. The van der Waals surface area contributed by atoms with Crippen LogP contribution in [0.3, 0.4) is 0 Å². The van der Waals surface area contributed by atoms with E-state index in [1.165, 1.54) is 12.3 Å². The Labute approximate surface area is 117 Å². The minimum absolute atomic E-state index is 0.0554. The summed E-state index contributed by atoms with van der Waals surface area (Å²) in [6, 6.07) is 1.48. The molecule has 110 valence electrons. The van der Waals surface area contributed by atoms with E-state index in [2.05, 4.69) is 4.98 Å². The quantitative estimate of drug-likeness (QED) is 0.663. The molecule has 20 heavy (non-hydrogen) atoms. The van der Waals surface area contributed by atoms with Gasteiger partial charge in [0.15, 0.2) is 0 Å². The minimum Gasteiger partial charge on any atom is -0.394 e. The largest absolute Gasteiger partial charge is 0.394 e. The van der Waals surface area contributed by atoms with Crippen LogP contribution in [-0.2, 0) is 4.74 Å². The van der Waals surface area contributed by atoms with E-state index in [9.17, 15) is 15.2 Å². The van der Waals surface area contributed by atoms with Crippen molar-refractivity contribution in [3.8, 4) is 0 Å². The number of aliphatic hydroxyl groups is 1. The van der Waals surface area contributed by atoms with Crippen molar-refractivity contribution in [2.45, 2.75) is 32.5 Å². The average Bonchev–Trinajstić information content (AvgIpc) is 2.36. The molecular weight excluding hydrogens is 262 g/mol. The van der Waals surface area contributed by atoms with Gasteiger partial charge in [-0.1, -0.05) is 0 Å². The number of hydrogen-bond donors (Lipinski definition) is 1. The average molecular weight is 281 g/mol. The van der Waals surface area contributed by atoms with Gasteiger partial charge in [0.1, 0.15) is 5.82 Å². The Hall–Kier alpha value is -1.73. The van der Waals surface area contributed by atoms with Crippen molar-refractivity contribution in [1.82, 2.24) is 4.98 Å². The van der Waals surface area contributed by atoms with E-state index in [1.807, 2.05) is 18.7 Å². The molecule has 1 atom stereocenters. The molecule has 1 saturated heterocycles. The summed E-state index contributed by atoms with van der Waals surface area (Å²) in [5.41, 5.74) is 0.150. The van der Waals surface area contributed by atoms with E-state index < -0.39 is 10.5 Å². The smallest absolute Gasteiger partial charge is 0.277 e. The van der Waals surface area contributed by atoms with Gasteiger partial charge in [-0.2, -0.15) is 0 Å². The maximum atomic E-state index is 11.0. The molecule has 2 heterocycles. The van der Waals surface area contributed by atoms with Gasteiger partial charge in [-0.25, -0.2) is 4.98 Å². The maximum Gasteiger partial charge on any atom is 0.277 e. The first kappa shape index (κ1) is 14.7. The number of rotatable bonds is 3. The van der Waals surface area contributed by atoms with Gasteiger partial charge in [0, 0.05) is 24.8 Å². The Bertz CT molecular complexity index is 518. The number of aryl methyl sites for hydroxylation is 1. The van der Waals surface area contributed by atoms with E-state index >= 15 is 0 Å². The summed E-state index contributed by atoms with van der Waals surface area (Å²) >= 11 is 0. The Morgan fingerprint density at radius 3 is 2.95 bits per heavy atom. The summed E-state index contributed by atoms with van der Waals surface area (Å²) in [4.78, 5) is 16.8. The second-order valence-corrected chi connectivity index (χ2v) is 5.65. The second-order valence-electron chi connectivity index (χ2n) is 5.65. The van der Waals surface area contributed by atoms with Crippen LogP contribution in [0.4, 0.5) is 11.5 Å². The molecule has 0 saturated carbocycles. The minimum atomic E-state index is -0.438. The van der Waals surface area contributed by atoms with Gasteiger partial charge < -0.3 is 14.7 Å². The van der Waals surface area contributed by atoms with Crippen LogP contribution >= 0.6 is 0 Å². The topological polar surface area (TPSA) is 88.7 Å². The van der Waals surface area contributed by atoms with Crippen LogP contribution in [0.25, 0.3) is 0 Å². The van der Waals surface area contributed by atoms with Gasteiger partial charge >= 0.3 is 0 Å². The summed E-state index contributed by atoms with van der Waals surface area (Å²) in [6.07, 6.45) is 1.19. The van der Waals surface area contributed by atoms with E-state index in [4.69, 9.17) is 4.74 Å². The predicted octanol–water partition coefficient (Wildman–Crippen LogP) is 1.27. The van der Waals surface area contributed by atoms with Crippen LogP contribution in [0, 0.1) is 17.0 Å². The van der Waals surface area contributed by atoms with Crippen LogP contribution < -0.4 is 4.90 Å². The lowest BCUT2D eigenvalue weighted by atomic mass is 10.1. The molecule has 0 amide bonds. The number of hydrogen-bond acceptors (Lipinski definition) is 6. The van der Waals surface area contributed by atoms with Gasteiger partial charge in [0.05, 0.1) is 29.3 Å². The molecule has 0 aromatic carbocycles. The van der Waals surface area contributed by atoms with Gasteiger partial charge in [-0.3, -0.25) is 10.1 Å². The fourth-order valence-electron chi connectivity index (χ4n) is 2.44. The fraction of sp³-hybridized carbons (Fsp3) is 0.615. The summed E-state index contributed by atoms with van der Waals surface area (Å²) in [5.74, 6) is 0.539. The van der Waals surface area contributed by atoms with Gasteiger partial charge in [0.25, 0.3) is 5.69 Å². The van der Waals surface area contributed by atoms with Crippen LogP contribution in [0.5, 0.6) is 0 Å². The lowest BCUT2D eigenvalue weighted by molar-refractivity contribution is -0.385. The van der Waals surface area contributed by atoms with Crippen molar-refractivity contribution in [2.75, 3.05) is 24.6 Å². The summed E-state index contributed by atoms with van der Waals surface area (Å²) < 4.78 is 5.72. The SMILES string of the molecule is Cc1cnc(N2CC(CO)OC(C)(C)C2)cc1[N+](=O)[O-]. The highest BCUT2D eigenvalue weighted by molar-refractivity contribution is 5.51. The van der Waals surface area contributed by atoms with E-state index in [0.29, 0.717) is 24.5 Å². The molecule has 0 aliphatic carbocycles. The molecule has 1 aliphatic heterocycles. The maximum absolute atomic E-state index is 11.0. The van der Waals surface area contributed by atoms with Gasteiger partial charge in [-0.05, 0) is 20.8 Å². The van der Waals surface area contributed by atoms with Crippen LogP contribution in [0.2, 0.25) is 0 Å². The second kappa shape index (κ2) is 5.34. The summed E-state index contributed by atoms with van der Waals surface area (Å²) in [6.45, 7) is 6.45. The Balaban J connectivity index is 2.30. The highest BCUT2D eigenvalue weighted by atomic mass is 16.6. The summed E-state index contributed by atoms with van der Waals surface area (Å²) in [7, 11) is 0. The highest BCUT2D eigenvalue weighted by Crippen LogP contribution is 2.28. The summed E-state index contributed by atoms with van der Waals surface area (Å²) in [5, 5.41) is 20.3. The van der Waals surface area contributed by atoms with Gasteiger partial charge in [-0.15, -0.1) is 0 Å². The van der Waals surface area contributed by atoms with E-state index in [1.54, 1.807) is 6.92 Å². The standard InChI is InChI=1S/C13H19N3O4/c1-9-5-14-12(4-11(9)16(18)19)15-6-10(7-17)20-13(2,3)8-15/h4-5,10,17H,6-8H2,1-3H3. The molecule has 7 heteroatoms. The molecule has 0 bridgehead atoms. The number of aliphatic hydroxyl groups excluding tert-OH is 1. The van der Waals surface area contributed by atoms with Crippen molar-refractivity contribution in [3.05, 3.63) is 27.9 Å². The number of anilines is 1. The Kier molecular flexibility index (Phi) is 3.92. The molecule has 0 spiro atoms. The molecule has 1 aromatic rings. The van der Waals surface area contributed by atoms with Crippen molar-refractivity contribution in [3.63, 3.8) is 0 Å². The van der Waals surface area contributed by atoms with Crippen LogP contribution in [0.1, 0.15) is 19.4 Å². The highest BCUT2D eigenvalue weighted by Gasteiger charge is 2.34. The number of nitro groups is 1. The molecule has 1 fully saturated rings. The van der Waals surface area contributed by atoms with Crippen LogP contribution in [-0.4, -0.2) is 46.4 Å². The van der Waals surface area contributed by atoms with Crippen molar-refractivity contribution in [1.29, 1.82) is 0 Å². The number of aromatic nitrogens is 1. The molecular formula is C13H19N3O4. The number of nitrogens with zero attached hydrogens (tertiary/aromatic N) is 3. The van der Waals surface area contributed by atoms with Crippen molar-refractivity contribution in [2.24, 2.45) is 0 Å². The molecule has 1 N–H and O–H groups in total. The van der Waals surface area contributed by atoms with E-state index in [0.717, 1.165) is 0 Å². The van der Waals surface area contributed by atoms with Crippen molar-refractivity contribution < 1.29 is 14.8 Å². The molecule has 1 unspecified atom stereocenters. The number of pyridine rings is 1. The molecule has 2 rings (SSSR count). The Morgan fingerprint density at radius 1 is 1.65 bits per heavy atom. The first-order valence-corrected chi connectivity index (χ1v) is 6.47. The zero-order valence-electron chi connectivity index (χ0n) is 11.9. The Morgan fingerprint density at radius 2 is 2.35 bits per heavy atom. The van der Waals surface area contributed by atoms with E-state index in [-0.39, 0.29) is 18.4 Å². The third-order valence-electron chi connectivity index (χ3n) is 3.27. The first-order chi connectivity index (χ1) is 9.32. The lowest BCUT2D eigenvalue weighted by Crippen LogP contribution is -2.54. The molecule has 0 radical (unpaired) electrons. The fourth-order valence-corrected chi connectivity index (χ4v) is 2.44. The van der Waals surface area contributed by atoms with Crippen LogP contribution in [0.15, 0.2) is 12.3 Å². The lowest BCUT2D eigenvalue weighted by Gasteiger charge is -2.42. The van der Waals surface area contributed by atoms with Gasteiger partial charge in [0.2, 0.25) is 0 Å². The molecule has 1 aliphatic rings. The molecule has 7 nitrogen and oxygen atoms in total.